The average molecular weight is 385 g/mol. The number of carbonyl (C=O) groups excluding carboxylic acids is 1. The minimum atomic E-state index is -0.218. The maximum atomic E-state index is 12.2. The molecular formula is C14H11Br2NO2. The number of rotatable bonds is 3. The number of hydrogen-bond donors (Lipinski definition) is 0. The lowest BCUT2D eigenvalue weighted by atomic mass is 10.1. The second-order valence-electron chi connectivity index (χ2n) is 4.23. The molecule has 0 unspecified atom stereocenters. The van der Waals surface area contributed by atoms with E-state index in [9.17, 15) is 9.59 Å². The van der Waals surface area contributed by atoms with E-state index in [1.165, 1.54) is 4.57 Å². The van der Waals surface area contributed by atoms with Gasteiger partial charge in [-0.25, -0.2) is 0 Å². The maximum Gasteiger partial charge on any atom is 0.265 e. The predicted octanol–water partition coefficient (Wildman–Crippen LogP) is 3.56. The Morgan fingerprint density at radius 1 is 1.26 bits per heavy atom. The van der Waals surface area contributed by atoms with Crippen molar-refractivity contribution < 1.29 is 4.79 Å². The van der Waals surface area contributed by atoms with Crippen LogP contribution in [-0.2, 0) is 6.54 Å². The van der Waals surface area contributed by atoms with E-state index in [0.29, 0.717) is 10.0 Å². The Bertz CT molecular complexity index is 692. The van der Waals surface area contributed by atoms with Gasteiger partial charge in [0.15, 0.2) is 5.78 Å². The first-order valence-electron chi connectivity index (χ1n) is 5.63. The molecule has 3 nitrogen and oxygen atoms in total. The first-order chi connectivity index (χ1) is 8.97. The molecule has 0 saturated carbocycles. The molecule has 0 radical (unpaired) electrons. The van der Waals surface area contributed by atoms with Gasteiger partial charge in [-0.15, -0.1) is 0 Å². The number of benzene rings is 1. The molecule has 0 fully saturated rings. The number of pyridine rings is 1. The summed E-state index contributed by atoms with van der Waals surface area (Å²) in [6.07, 6.45) is 1.61. The predicted molar refractivity (Wildman–Crippen MR) is 81.6 cm³/mol. The normalized spacial score (nSPS) is 10.5. The van der Waals surface area contributed by atoms with E-state index in [1.54, 1.807) is 18.3 Å². The quantitative estimate of drug-likeness (QED) is 0.759. The Morgan fingerprint density at radius 3 is 2.68 bits per heavy atom. The monoisotopic (exact) mass is 383 g/mol. The van der Waals surface area contributed by atoms with Crippen molar-refractivity contribution in [1.29, 1.82) is 0 Å². The first-order valence-corrected chi connectivity index (χ1v) is 7.21. The molecule has 1 aromatic carbocycles. The summed E-state index contributed by atoms with van der Waals surface area (Å²) in [6.45, 7) is 1.96. The molecule has 0 aliphatic heterocycles. The molecule has 0 aliphatic rings. The summed E-state index contributed by atoms with van der Waals surface area (Å²) in [5, 5.41) is 0. The second-order valence-corrected chi connectivity index (χ2v) is 6.00. The largest absolute Gasteiger partial charge is 0.306 e. The van der Waals surface area contributed by atoms with Crippen LogP contribution in [0.15, 0.2) is 50.3 Å². The molecule has 0 atom stereocenters. The van der Waals surface area contributed by atoms with Gasteiger partial charge in [0.2, 0.25) is 0 Å². The molecule has 0 N–H and O–H groups in total. The highest BCUT2D eigenvalue weighted by Crippen LogP contribution is 2.13. The third kappa shape index (κ3) is 3.42. The number of carbonyl (C=O) groups is 1. The minimum absolute atomic E-state index is 0.0281. The SMILES string of the molecule is Cc1cccc(C(=O)Cn2cc(Br)cc(Br)c2=O)c1. The van der Waals surface area contributed by atoms with Crippen LogP contribution < -0.4 is 5.56 Å². The van der Waals surface area contributed by atoms with E-state index in [0.717, 1.165) is 10.0 Å². The zero-order valence-corrected chi connectivity index (χ0v) is 13.4. The number of ketones is 1. The maximum absolute atomic E-state index is 12.2. The van der Waals surface area contributed by atoms with Crippen LogP contribution >= 0.6 is 31.9 Å². The summed E-state index contributed by atoms with van der Waals surface area (Å²) in [5.41, 5.74) is 1.42. The van der Waals surface area contributed by atoms with Gasteiger partial charge >= 0.3 is 0 Å². The molecule has 1 heterocycles. The molecule has 0 amide bonds. The molecule has 19 heavy (non-hydrogen) atoms. The molecule has 2 aromatic rings. The zero-order chi connectivity index (χ0) is 14.0. The van der Waals surface area contributed by atoms with Crippen LogP contribution in [0, 0.1) is 6.92 Å². The van der Waals surface area contributed by atoms with E-state index in [-0.39, 0.29) is 17.9 Å². The van der Waals surface area contributed by atoms with Crippen LogP contribution in [0.3, 0.4) is 0 Å². The van der Waals surface area contributed by atoms with Crippen molar-refractivity contribution in [2.45, 2.75) is 13.5 Å². The van der Waals surface area contributed by atoms with Gasteiger partial charge in [-0.1, -0.05) is 23.8 Å². The van der Waals surface area contributed by atoms with Crippen molar-refractivity contribution in [2.24, 2.45) is 0 Å². The molecule has 2 rings (SSSR count). The summed E-state index contributed by atoms with van der Waals surface area (Å²) in [5.74, 6) is -0.0872. The number of halogens is 2. The van der Waals surface area contributed by atoms with Crippen LogP contribution in [0.2, 0.25) is 0 Å². The second kappa shape index (κ2) is 5.84. The van der Waals surface area contributed by atoms with Crippen LogP contribution in [0.25, 0.3) is 0 Å². The van der Waals surface area contributed by atoms with Gasteiger partial charge in [0, 0.05) is 16.2 Å². The van der Waals surface area contributed by atoms with Gasteiger partial charge in [-0.05, 0) is 50.9 Å². The number of aromatic nitrogens is 1. The van der Waals surface area contributed by atoms with Gasteiger partial charge < -0.3 is 4.57 Å². The van der Waals surface area contributed by atoms with Crippen molar-refractivity contribution >= 4 is 37.6 Å². The summed E-state index contributed by atoms with van der Waals surface area (Å²) in [4.78, 5) is 24.0. The summed E-state index contributed by atoms with van der Waals surface area (Å²) < 4.78 is 2.56. The smallest absolute Gasteiger partial charge is 0.265 e. The van der Waals surface area contributed by atoms with Crippen LogP contribution in [-0.4, -0.2) is 10.4 Å². The van der Waals surface area contributed by atoms with Crippen molar-refractivity contribution in [2.75, 3.05) is 0 Å². The number of hydrogen-bond acceptors (Lipinski definition) is 2. The zero-order valence-electron chi connectivity index (χ0n) is 10.2. The van der Waals surface area contributed by atoms with Crippen molar-refractivity contribution in [3.8, 4) is 0 Å². The Hall–Kier alpha value is -1.20. The number of nitrogens with zero attached hydrogens (tertiary/aromatic N) is 1. The Labute approximate surface area is 127 Å². The van der Waals surface area contributed by atoms with E-state index in [4.69, 9.17) is 0 Å². The fourth-order valence-corrected chi connectivity index (χ4v) is 3.00. The Kier molecular flexibility index (Phi) is 4.37. The minimum Gasteiger partial charge on any atom is -0.306 e. The van der Waals surface area contributed by atoms with Crippen molar-refractivity contribution in [1.82, 2.24) is 4.57 Å². The molecular weight excluding hydrogens is 374 g/mol. The third-order valence-corrected chi connectivity index (χ3v) is 3.66. The van der Waals surface area contributed by atoms with Crippen LogP contribution in [0.5, 0.6) is 0 Å². The lowest BCUT2D eigenvalue weighted by Crippen LogP contribution is -2.24. The molecule has 0 bridgehead atoms. The highest BCUT2D eigenvalue weighted by molar-refractivity contribution is 9.11. The summed E-state index contributed by atoms with van der Waals surface area (Å²) in [7, 11) is 0. The van der Waals surface area contributed by atoms with E-state index < -0.39 is 0 Å². The third-order valence-electron chi connectivity index (χ3n) is 2.66. The lowest BCUT2D eigenvalue weighted by molar-refractivity contribution is 0.0970. The average Bonchev–Trinajstić information content (AvgIpc) is 2.35. The Balaban J connectivity index is 2.32. The first kappa shape index (κ1) is 14.2. The van der Waals surface area contributed by atoms with E-state index in [1.807, 2.05) is 25.1 Å². The van der Waals surface area contributed by atoms with Gasteiger partial charge in [0.05, 0.1) is 11.0 Å². The van der Waals surface area contributed by atoms with E-state index >= 15 is 0 Å². The topological polar surface area (TPSA) is 39.1 Å². The van der Waals surface area contributed by atoms with Gasteiger partial charge in [-0.2, -0.15) is 0 Å². The lowest BCUT2D eigenvalue weighted by Gasteiger charge is -2.07. The highest BCUT2D eigenvalue weighted by Gasteiger charge is 2.10. The fourth-order valence-electron chi connectivity index (χ4n) is 1.75. The van der Waals surface area contributed by atoms with Crippen molar-refractivity contribution in [3.63, 3.8) is 0 Å². The van der Waals surface area contributed by atoms with Crippen molar-refractivity contribution in [3.05, 3.63) is 67.0 Å². The molecule has 5 heteroatoms. The molecule has 98 valence electrons. The summed E-state index contributed by atoms with van der Waals surface area (Å²) >= 11 is 6.48. The highest BCUT2D eigenvalue weighted by atomic mass is 79.9. The summed E-state index contributed by atoms with van der Waals surface area (Å²) in [6, 6.07) is 9.00. The molecule has 1 aromatic heterocycles. The van der Waals surface area contributed by atoms with E-state index in [2.05, 4.69) is 31.9 Å². The number of aryl methyl sites for hydroxylation is 1. The molecule has 0 saturated heterocycles. The Morgan fingerprint density at radius 2 is 2.00 bits per heavy atom. The van der Waals surface area contributed by atoms with Gasteiger partial charge in [-0.3, -0.25) is 9.59 Å². The standard InChI is InChI=1S/C14H11Br2NO2/c1-9-3-2-4-10(5-9)13(18)8-17-7-11(15)6-12(16)14(17)19/h2-7H,8H2,1H3. The van der Waals surface area contributed by atoms with Gasteiger partial charge in [0.1, 0.15) is 0 Å². The molecule has 0 spiro atoms. The molecule has 0 aliphatic carbocycles. The fraction of sp³-hybridized carbons (Fsp3) is 0.143. The number of Topliss-reactive ketones (excluding diaryl/α,β-unsaturated/α-hetero) is 1. The van der Waals surface area contributed by atoms with Gasteiger partial charge in [0.25, 0.3) is 5.56 Å². The van der Waals surface area contributed by atoms with Crippen LogP contribution in [0.4, 0.5) is 0 Å². The van der Waals surface area contributed by atoms with Crippen LogP contribution in [0.1, 0.15) is 15.9 Å².